The summed E-state index contributed by atoms with van der Waals surface area (Å²) in [6, 6.07) is 23.6. The quantitative estimate of drug-likeness (QED) is 0.632. The summed E-state index contributed by atoms with van der Waals surface area (Å²) in [5.74, 6) is 3.19. The van der Waals surface area contributed by atoms with Crippen molar-refractivity contribution in [3.05, 3.63) is 89.0 Å². The zero-order chi connectivity index (χ0) is 17.1. The number of hydrogen-bond acceptors (Lipinski definition) is 3. The zero-order valence-electron chi connectivity index (χ0n) is 14.2. The smallest absolute Gasteiger partial charge is 0.231 e. The van der Waals surface area contributed by atoms with Gasteiger partial charge < -0.3 is 14.2 Å². The third kappa shape index (κ3) is 1.94. The summed E-state index contributed by atoms with van der Waals surface area (Å²) >= 11 is 0. The molecule has 0 unspecified atom stereocenters. The first kappa shape index (κ1) is 14.3. The van der Waals surface area contributed by atoms with Gasteiger partial charge in [0, 0.05) is 23.5 Å². The van der Waals surface area contributed by atoms with Gasteiger partial charge in [0.15, 0.2) is 11.5 Å². The molecule has 3 nitrogen and oxygen atoms in total. The predicted octanol–water partition coefficient (Wildman–Crippen LogP) is 4.85. The molecule has 0 N–H and O–H groups in total. The summed E-state index contributed by atoms with van der Waals surface area (Å²) in [5.41, 5.74) is 5.26. The van der Waals surface area contributed by atoms with Gasteiger partial charge in [0.2, 0.25) is 6.79 Å². The first-order chi connectivity index (χ1) is 12.9. The van der Waals surface area contributed by atoms with Crippen LogP contribution in [0.15, 0.2) is 66.7 Å². The van der Waals surface area contributed by atoms with E-state index in [1.54, 1.807) is 0 Å². The van der Waals surface area contributed by atoms with Crippen LogP contribution in [0.3, 0.4) is 0 Å². The molecular weight excluding hydrogens is 324 g/mol. The molecule has 0 fully saturated rings. The summed E-state index contributed by atoms with van der Waals surface area (Å²) in [6.07, 6.45) is 1.12. The largest absolute Gasteiger partial charge is 0.485 e. The van der Waals surface area contributed by atoms with E-state index in [0.29, 0.717) is 5.92 Å². The molecule has 3 atom stereocenters. The maximum absolute atomic E-state index is 6.52. The minimum Gasteiger partial charge on any atom is -0.485 e. The van der Waals surface area contributed by atoms with E-state index in [4.69, 9.17) is 14.2 Å². The van der Waals surface area contributed by atoms with Crippen LogP contribution in [0.25, 0.3) is 0 Å². The van der Waals surface area contributed by atoms with E-state index in [-0.39, 0.29) is 18.8 Å². The van der Waals surface area contributed by atoms with Crippen LogP contribution in [0.2, 0.25) is 0 Å². The highest BCUT2D eigenvalue weighted by Gasteiger charge is 2.45. The molecule has 0 amide bonds. The van der Waals surface area contributed by atoms with Gasteiger partial charge in [-0.15, -0.1) is 0 Å². The van der Waals surface area contributed by atoms with Gasteiger partial charge in [-0.3, -0.25) is 0 Å². The highest BCUT2D eigenvalue weighted by molar-refractivity contribution is 5.57. The second-order valence-electron chi connectivity index (χ2n) is 7.24. The van der Waals surface area contributed by atoms with E-state index in [2.05, 4.69) is 60.7 Å². The topological polar surface area (TPSA) is 27.7 Å². The van der Waals surface area contributed by atoms with Crippen molar-refractivity contribution in [1.82, 2.24) is 0 Å². The molecule has 3 aromatic carbocycles. The molecule has 3 aliphatic rings. The fourth-order valence-corrected chi connectivity index (χ4v) is 4.77. The van der Waals surface area contributed by atoms with Crippen LogP contribution in [0.5, 0.6) is 17.2 Å². The Morgan fingerprint density at radius 1 is 0.731 bits per heavy atom. The lowest BCUT2D eigenvalue weighted by Gasteiger charge is -2.37. The first-order valence-corrected chi connectivity index (χ1v) is 9.11. The highest BCUT2D eigenvalue weighted by atomic mass is 16.7. The maximum atomic E-state index is 6.52. The minimum absolute atomic E-state index is 0.0873. The number of ether oxygens (including phenoxy) is 3. The first-order valence-electron chi connectivity index (χ1n) is 9.11. The maximum Gasteiger partial charge on any atom is 0.231 e. The second-order valence-corrected chi connectivity index (χ2v) is 7.24. The molecule has 2 heterocycles. The number of benzene rings is 3. The fraction of sp³-hybridized carbons (Fsp3) is 0.217. The molecule has 0 bridgehead atoms. The van der Waals surface area contributed by atoms with Gasteiger partial charge in [-0.2, -0.15) is 0 Å². The lowest BCUT2D eigenvalue weighted by molar-refractivity contribution is 0.115. The van der Waals surface area contributed by atoms with Crippen LogP contribution in [0, 0.1) is 5.92 Å². The lowest BCUT2D eigenvalue weighted by atomic mass is 9.76. The molecule has 128 valence electrons. The number of rotatable bonds is 1. The molecule has 6 rings (SSSR count). The van der Waals surface area contributed by atoms with Crippen molar-refractivity contribution >= 4 is 0 Å². The molecule has 3 aromatic rings. The van der Waals surface area contributed by atoms with Crippen LogP contribution < -0.4 is 14.2 Å². The Kier molecular flexibility index (Phi) is 2.89. The third-order valence-electron chi connectivity index (χ3n) is 5.89. The second kappa shape index (κ2) is 5.28. The molecule has 0 saturated carbocycles. The van der Waals surface area contributed by atoms with Gasteiger partial charge in [0.05, 0.1) is 0 Å². The minimum atomic E-state index is 0.0873. The summed E-state index contributed by atoms with van der Waals surface area (Å²) < 4.78 is 17.8. The molecule has 0 spiro atoms. The van der Waals surface area contributed by atoms with E-state index in [1.165, 1.54) is 22.3 Å². The summed E-state index contributed by atoms with van der Waals surface area (Å²) in [5, 5.41) is 0. The van der Waals surface area contributed by atoms with E-state index in [1.807, 2.05) is 6.07 Å². The van der Waals surface area contributed by atoms with Crippen LogP contribution in [0.4, 0.5) is 0 Å². The zero-order valence-corrected chi connectivity index (χ0v) is 14.2. The van der Waals surface area contributed by atoms with Crippen molar-refractivity contribution < 1.29 is 14.2 Å². The Balaban J connectivity index is 1.56. The molecule has 3 heteroatoms. The number of fused-ring (bicyclic) bond motifs is 5. The van der Waals surface area contributed by atoms with Crippen molar-refractivity contribution in [3.8, 4) is 17.2 Å². The fourth-order valence-electron chi connectivity index (χ4n) is 4.77. The van der Waals surface area contributed by atoms with Gasteiger partial charge in [0.1, 0.15) is 11.9 Å². The monoisotopic (exact) mass is 342 g/mol. The third-order valence-corrected chi connectivity index (χ3v) is 5.89. The average molecular weight is 342 g/mol. The SMILES string of the molecule is c1ccc([C@H]2c3cc4c(cc3O[C@H]3c5ccccc5C[C@@H]23)OCO4)cc1. The summed E-state index contributed by atoms with van der Waals surface area (Å²) in [7, 11) is 0. The molecule has 26 heavy (non-hydrogen) atoms. The van der Waals surface area contributed by atoms with Crippen LogP contribution in [-0.4, -0.2) is 6.79 Å². The molecular formula is C23H18O3. The Labute approximate surface area is 152 Å². The molecule has 2 aliphatic heterocycles. The van der Waals surface area contributed by atoms with Crippen molar-refractivity contribution in [3.63, 3.8) is 0 Å². The van der Waals surface area contributed by atoms with Gasteiger partial charge in [-0.1, -0.05) is 54.6 Å². The van der Waals surface area contributed by atoms with Crippen molar-refractivity contribution in [2.24, 2.45) is 5.92 Å². The van der Waals surface area contributed by atoms with E-state index in [0.717, 1.165) is 23.7 Å². The van der Waals surface area contributed by atoms with Gasteiger partial charge in [0.25, 0.3) is 0 Å². The Morgan fingerprint density at radius 3 is 2.38 bits per heavy atom. The molecule has 0 aromatic heterocycles. The lowest BCUT2D eigenvalue weighted by Crippen LogP contribution is -2.28. The number of hydrogen-bond donors (Lipinski definition) is 0. The van der Waals surface area contributed by atoms with Crippen LogP contribution in [-0.2, 0) is 6.42 Å². The van der Waals surface area contributed by atoms with Gasteiger partial charge in [-0.25, -0.2) is 0 Å². The highest BCUT2D eigenvalue weighted by Crippen LogP contribution is 2.56. The van der Waals surface area contributed by atoms with Crippen LogP contribution in [0.1, 0.15) is 34.3 Å². The average Bonchev–Trinajstić information content (AvgIpc) is 3.29. The van der Waals surface area contributed by atoms with E-state index >= 15 is 0 Å². The van der Waals surface area contributed by atoms with Crippen molar-refractivity contribution in [2.45, 2.75) is 18.4 Å². The van der Waals surface area contributed by atoms with Gasteiger partial charge >= 0.3 is 0 Å². The van der Waals surface area contributed by atoms with E-state index < -0.39 is 0 Å². The summed E-state index contributed by atoms with van der Waals surface area (Å²) in [4.78, 5) is 0. The molecule has 0 saturated heterocycles. The summed E-state index contributed by atoms with van der Waals surface area (Å²) in [6.45, 7) is 0.282. The normalized spacial score (nSPS) is 24.4. The van der Waals surface area contributed by atoms with Crippen LogP contribution >= 0.6 is 0 Å². The Bertz CT molecular complexity index is 996. The molecule has 1 aliphatic carbocycles. The Hall–Kier alpha value is -2.94. The standard InChI is InChI=1S/C23H18O3/c1-2-6-14(7-3-1)22-17-11-20-21(25-13-24-20)12-19(17)26-23-16-9-5-4-8-15(16)10-18(22)23/h1-9,11-12,18,22-23H,10,13H2/t18-,22-,23-/m0/s1. The van der Waals surface area contributed by atoms with E-state index in [9.17, 15) is 0 Å². The molecule has 0 radical (unpaired) electrons. The predicted molar refractivity (Wildman–Crippen MR) is 97.9 cm³/mol. The van der Waals surface area contributed by atoms with Gasteiger partial charge in [-0.05, 0) is 29.2 Å². The van der Waals surface area contributed by atoms with Crippen molar-refractivity contribution in [1.29, 1.82) is 0 Å². The van der Waals surface area contributed by atoms with Crippen molar-refractivity contribution in [2.75, 3.05) is 6.79 Å². The Morgan fingerprint density at radius 2 is 1.50 bits per heavy atom.